The molecule has 4 rings (SSSR count). The molecule has 0 spiro atoms. The highest BCUT2D eigenvalue weighted by atomic mass is 16.1. The fourth-order valence-electron chi connectivity index (χ4n) is 3.52. The van der Waals surface area contributed by atoms with Crippen LogP contribution >= 0.6 is 0 Å². The van der Waals surface area contributed by atoms with Crippen molar-refractivity contribution in [2.24, 2.45) is 5.73 Å². The molecule has 140 valence electrons. The number of benzene rings is 1. The van der Waals surface area contributed by atoms with Crippen molar-refractivity contribution in [3.63, 3.8) is 0 Å². The molecule has 1 aromatic carbocycles. The first-order valence-electron chi connectivity index (χ1n) is 9.69. The molecule has 1 aliphatic carbocycles. The number of primary amides is 1. The van der Waals surface area contributed by atoms with E-state index in [1.54, 1.807) is 6.20 Å². The predicted molar refractivity (Wildman–Crippen MR) is 107 cm³/mol. The van der Waals surface area contributed by atoms with Crippen LogP contribution in [-0.2, 0) is 0 Å². The summed E-state index contributed by atoms with van der Waals surface area (Å²) >= 11 is 0. The van der Waals surface area contributed by atoms with E-state index in [2.05, 4.69) is 28.3 Å². The molecule has 2 heterocycles. The second kappa shape index (κ2) is 7.39. The van der Waals surface area contributed by atoms with E-state index in [9.17, 15) is 4.79 Å². The summed E-state index contributed by atoms with van der Waals surface area (Å²) in [5.41, 5.74) is 10.1. The largest absolute Gasteiger partial charge is 0.367 e. The maximum absolute atomic E-state index is 11.7. The van der Waals surface area contributed by atoms with Crippen LogP contribution in [0.1, 0.15) is 60.9 Å². The third kappa shape index (κ3) is 3.52. The van der Waals surface area contributed by atoms with Gasteiger partial charge in [0.1, 0.15) is 0 Å². The Morgan fingerprint density at radius 3 is 2.89 bits per heavy atom. The van der Waals surface area contributed by atoms with Gasteiger partial charge in [0.25, 0.3) is 0 Å². The Labute approximate surface area is 158 Å². The lowest BCUT2D eigenvalue weighted by Crippen LogP contribution is -2.13. The van der Waals surface area contributed by atoms with Gasteiger partial charge in [0.2, 0.25) is 5.91 Å². The van der Waals surface area contributed by atoms with E-state index in [-0.39, 0.29) is 5.91 Å². The van der Waals surface area contributed by atoms with Gasteiger partial charge in [-0.05, 0) is 42.9 Å². The maximum Gasteiger partial charge on any atom is 0.248 e. The molecule has 6 heteroatoms. The van der Waals surface area contributed by atoms with Crippen molar-refractivity contribution in [3.8, 4) is 11.3 Å². The first-order chi connectivity index (χ1) is 13.2. The standard InChI is InChI=1S/C21H25N5O/c1-2-3-4-9-23-20-21-25-13-18(26(21)11-10-24-20)15-7-8-16(19(22)27)17(12-15)14-5-6-14/h7-8,10-14H,2-6,9H2,1H3,(H2,22,27)(H,23,24). The highest BCUT2D eigenvalue weighted by Gasteiger charge is 2.28. The number of carbonyl (C=O) groups is 1. The summed E-state index contributed by atoms with van der Waals surface area (Å²) in [7, 11) is 0. The Hall–Kier alpha value is -2.89. The zero-order valence-electron chi connectivity index (χ0n) is 15.6. The van der Waals surface area contributed by atoms with Crippen molar-refractivity contribution < 1.29 is 4.79 Å². The molecule has 0 unspecified atom stereocenters. The van der Waals surface area contributed by atoms with Crippen LogP contribution in [0.15, 0.2) is 36.8 Å². The van der Waals surface area contributed by atoms with Gasteiger partial charge >= 0.3 is 0 Å². The monoisotopic (exact) mass is 363 g/mol. The van der Waals surface area contributed by atoms with Crippen LogP contribution in [-0.4, -0.2) is 26.8 Å². The number of carbonyl (C=O) groups excluding carboxylic acids is 1. The summed E-state index contributed by atoms with van der Waals surface area (Å²) in [5, 5.41) is 3.40. The number of imidazole rings is 1. The summed E-state index contributed by atoms with van der Waals surface area (Å²) in [4.78, 5) is 20.8. The Bertz CT molecular complexity index is 974. The number of fused-ring (bicyclic) bond motifs is 1. The second-order valence-electron chi connectivity index (χ2n) is 7.19. The van der Waals surface area contributed by atoms with Crippen LogP contribution in [0.5, 0.6) is 0 Å². The average Bonchev–Trinajstić information content (AvgIpc) is 3.43. The molecule has 1 amide bonds. The second-order valence-corrected chi connectivity index (χ2v) is 7.19. The first kappa shape index (κ1) is 17.5. The van der Waals surface area contributed by atoms with Gasteiger partial charge in [-0.25, -0.2) is 9.97 Å². The number of nitrogens with one attached hydrogen (secondary N) is 1. The molecule has 3 N–H and O–H groups in total. The Kier molecular flexibility index (Phi) is 4.79. The Balaban J connectivity index is 1.68. The van der Waals surface area contributed by atoms with Gasteiger partial charge in [-0.3, -0.25) is 9.20 Å². The van der Waals surface area contributed by atoms with Crippen molar-refractivity contribution in [1.82, 2.24) is 14.4 Å². The van der Waals surface area contributed by atoms with Gasteiger partial charge in [0, 0.05) is 30.1 Å². The minimum Gasteiger partial charge on any atom is -0.367 e. The molecule has 0 bridgehead atoms. The fourth-order valence-corrected chi connectivity index (χ4v) is 3.52. The number of aromatic nitrogens is 3. The molecule has 6 nitrogen and oxygen atoms in total. The zero-order valence-corrected chi connectivity index (χ0v) is 15.6. The summed E-state index contributed by atoms with van der Waals surface area (Å²) in [6.45, 7) is 3.08. The van der Waals surface area contributed by atoms with Crippen molar-refractivity contribution in [2.45, 2.75) is 44.9 Å². The third-order valence-corrected chi connectivity index (χ3v) is 5.13. The van der Waals surface area contributed by atoms with E-state index in [0.29, 0.717) is 11.5 Å². The quantitative estimate of drug-likeness (QED) is 0.593. The molecule has 1 saturated carbocycles. The number of hydrogen-bond acceptors (Lipinski definition) is 4. The summed E-state index contributed by atoms with van der Waals surface area (Å²) in [6.07, 6.45) is 11.3. The Morgan fingerprint density at radius 2 is 2.15 bits per heavy atom. The highest BCUT2D eigenvalue weighted by molar-refractivity contribution is 5.95. The van der Waals surface area contributed by atoms with Crippen LogP contribution in [0.4, 0.5) is 5.82 Å². The van der Waals surface area contributed by atoms with Gasteiger partial charge in [-0.15, -0.1) is 0 Å². The number of unbranched alkanes of at least 4 members (excludes halogenated alkanes) is 2. The van der Waals surface area contributed by atoms with Crippen molar-refractivity contribution in [2.75, 3.05) is 11.9 Å². The molecule has 1 aliphatic rings. The molecule has 0 atom stereocenters. The number of anilines is 1. The number of hydrogen-bond donors (Lipinski definition) is 2. The molecule has 1 fully saturated rings. The van der Waals surface area contributed by atoms with E-state index >= 15 is 0 Å². The van der Waals surface area contributed by atoms with Crippen molar-refractivity contribution in [3.05, 3.63) is 47.9 Å². The molecular formula is C21H25N5O. The molecule has 0 aliphatic heterocycles. The smallest absolute Gasteiger partial charge is 0.248 e. The number of rotatable bonds is 8. The predicted octanol–water partition coefficient (Wildman–Crippen LogP) is 3.97. The number of amides is 1. The van der Waals surface area contributed by atoms with E-state index in [1.165, 1.54) is 12.8 Å². The topological polar surface area (TPSA) is 85.3 Å². The normalized spacial score (nSPS) is 13.8. The van der Waals surface area contributed by atoms with Crippen LogP contribution in [0.2, 0.25) is 0 Å². The third-order valence-electron chi connectivity index (χ3n) is 5.13. The minimum atomic E-state index is -0.357. The zero-order chi connectivity index (χ0) is 18.8. The van der Waals surface area contributed by atoms with E-state index in [0.717, 1.165) is 54.1 Å². The van der Waals surface area contributed by atoms with E-state index in [4.69, 9.17) is 5.73 Å². The molecule has 3 aromatic rings. The van der Waals surface area contributed by atoms with E-state index in [1.807, 2.05) is 28.9 Å². The molecule has 0 saturated heterocycles. The first-order valence-corrected chi connectivity index (χ1v) is 9.69. The SMILES string of the molecule is CCCCCNc1nccn2c(-c3ccc(C(N)=O)c(C4CC4)c3)cnc12. The lowest BCUT2D eigenvalue weighted by atomic mass is 9.98. The lowest BCUT2D eigenvalue weighted by Gasteiger charge is -2.10. The number of nitrogens with two attached hydrogens (primary N) is 1. The minimum absolute atomic E-state index is 0.357. The number of nitrogens with zero attached hydrogens (tertiary/aromatic N) is 3. The Morgan fingerprint density at radius 1 is 1.30 bits per heavy atom. The van der Waals surface area contributed by atoms with Crippen LogP contribution in [0, 0.1) is 0 Å². The average molecular weight is 363 g/mol. The lowest BCUT2D eigenvalue weighted by molar-refractivity contribution is 0.0999. The summed E-state index contributed by atoms with van der Waals surface area (Å²) < 4.78 is 2.05. The van der Waals surface area contributed by atoms with Gasteiger partial charge in [0.05, 0.1) is 11.9 Å². The van der Waals surface area contributed by atoms with Gasteiger partial charge < -0.3 is 11.1 Å². The van der Waals surface area contributed by atoms with Gasteiger partial charge in [0.15, 0.2) is 11.5 Å². The summed E-state index contributed by atoms with van der Waals surface area (Å²) in [6, 6.07) is 5.88. The molecule has 2 aromatic heterocycles. The van der Waals surface area contributed by atoms with E-state index < -0.39 is 0 Å². The van der Waals surface area contributed by atoms with Gasteiger partial charge in [-0.2, -0.15) is 0 Å². The van der Waals surface area contributed by atoms with Gasteiger partial charge in [-0.1, -0.05) is 25.8 Å². The molecular weight excluding hydrogens is 338 g/mol. The molecule has 27 heavy (non-hydrogen) atoms. The summed E-state index contributed by atoms with van der Waals surface area (Å²) in [5.74, 6) is 0.893. The fraction of sp³-hybridized carbons (Fsp3) is 0.381. The van der Waals surface area contributed by atoms with Crippen molar-refractivity contribution >= 4 is 17.4 Å². The van der Waals surface area contributed by atoms with Crippen LogP contribution in [0.25, 0.3) is 16.9 Å². The maximum atomic E-state index is 11.7. The highest BCUT2D eigenvalue weighted by Crippen LogP contribution is 2.43. The van der Waals surface area contributed by atoms with Crippen LogP contribution < -0.4 is 11.1 Å². The van der Waals surface area contributed by atoms with Crippen LogP contribution in [0.3, 0.4) is 0 Å². The van der Waals surface area contributed by atoms with Crippen molar-refractivity contribution in [1.29, 1.82) is 0 Å². The molecule has 0 radical (unpaired) electrons.